The van der Waals surface area contributed by atoms with E-state index >= 15 is 0 Å². The Kier molecular flexibility index (Phi) is 4.61. The minimum absolute atomic E-state index is 0.870. The first-order valence-electron chi connectivity index (χ1n) is 9.26. The summed E-state index contributed by atoms with van der Waals surface area (Å²) in [7, 11) is 1.69. The molecule has 2 aromatic carbocycles. The Bertz CT molecular complexity index is 935. The van der Waals surface area contributed by atoms with E-state index in [-0.39, 0.29) is 0 Å². The topological polar surface area (TPSA) is 27.1 Å². The van der Waals surface area contributed by atoms with E-state index < -0.39 is 0 Å². The van der Waals surface area contributed by atoms with E-state index in [0.29, 0.717) is 0 Å². The van der Waals surface area contributed by atoms with Crippen molar-refractivity contribution in [3.05, 3.63) is 72.1 Å². The van der Waals surface area contributed by atoms with E-state index in [1.54, 1.807) is 7.11 Å². The third kappa shape index (κ3) is 3.17. The molecule has 0 saturated carbocycles. The molecular weight excluding hydrogens is 320 g/mol. The van der Waals surface area contributed by atoms with Crippen molar-refractivity contribution in [3.8, 4) is 22.6 Å². The fraction of sp³-hybridized carbons (Fsp3) is 0.261. The first-order chi connectivity index (χ1) is 12.8. The molecule has 132 valence electrons. The molecule has 1 aliphatic rings. The molecule has 0 spiro atoms. The van der Waals surface area contributed by atoms with Gasteiger partial charge in [0.1, 0.15) is 5.75 Å². The Balaban J connectivity index is 1.83. The molecule has 0 N–H and O–H groups in total. The summed E-state index contributed by atoms with van der Waals surface area (Å²) in [6, 6.07) is 18.9. The number of nitrogens with zero attached hydrogens (tertiary/aromatic N) is 2. The van der Waals surface area contributed by atoms with Crippen LogP contribution in [-0.2, 0) is 0 Å². The summed E-state index contributed by atoms with van der Waals surface area (Å²) in [6.45, 7) is 2.07. The highest BCUT2D eigenvalue weighted by Gasteiger charge is 2.16. The van der Waals surface area contributed by atoms with E-state index in [2.05, 4.69) is 60.1 Å². The van der Waals surface area contributed by atoms with Gasteiger partial charge in [0.15, 0.2) is 0 Å². The summed E-state index contributed by atoms with van der Waals surface area (Å²) in [5, 5.41) is 4.83. The third-order valence-electron chi connectivity index (χ3n) is 4.98. The van der Waals surface area contributed by atoms with Crippen LogP contribution in [0.25, 0.3) is 22.4 Å². The van der Waals surface area contributed by atoms with Crippen molar-refractivity contribution in [3.63, 3.8) is 0 Å². The van der Waals surface area contributed by atoms with Gasteiger partial charge in [0.05, 0.1) is 24.2 Å². The number of aromatic nitrogens is 2. The van der Waals surface area contributed by atoms with Gasteiger partial charge in [-0.05, 0) is 68.0 Å². The van der Waals surface area contributed by atoms with Gasteiger partial charge >= 0.3 is 0 Å². The van der Waals surface area contributed by atoms with Crippen LogP contribution < -0.4 is 4.74 Å². The van der Waals surface area contributed by atoms with Crippen LogP contribution in [0.5, 0.6) is 5.75 Å². The zero-order chi connectivity index (χ0) is 17.9. The quantitative estimate of drug-likeness (QED) is 0.597. The average molecular weight is 344 g/mol. The van der Waals surface area contributed by atoms with Crippen LogP contribution in [0.4, 0.5) is 0 Å². The number of hydrogen-bond donors (Lipinski definition) is 0. The zero-order valence-electron chi connectivity index (χ0n) is 15.4. The van der Waals surface area contributed by atoms with Gasteiger partial charge in [-0.2, -0.15) is 5.10 Å². The number of allylic oxidation sites excluding steroid dienone is 2. The van der Waals surface area contributed by atoms with E-state index in [9.17, 15) is 0 Å². The number of aryl methyl sites for hydroxylation is 1. The monoisotopic (exact) mass is 344 g/mol. The van der Waals surface area contributed by atoms with Gasteiger partial charge < -0.3 is 4.74 Å². The van der Waals surface area contributed by atoms with Crippen LogP contribution in [0.2, 0.25) is 0 Å². The molecule has 3 aromatic rings. The number of methoxy groups -OCH3 is 1. The van der Waals surface area contributed by atoms with Gasteiger partial charge in [-0.25, -0.2) is 4.68 Å². The molecule has 0 amide bonds. The number of hydrogen-bond acceptors (Lipinski definition) is 2. The largest absolute Gasteiger partial charge is 0.497 e. The molecule has 1 heterocycles. The highest BCUT2D eigenvalue weighted by atomic mass is 16.5. The predicted octanol–water partition coefficient (Wildman–Crippen LogP) is 5.81. The molecule has 0 unspecified atom stereocenters. The highest BCUT2D eigenvalue weighted by molar-refractivity contribution is 5.75. The Morgan fingerprint density at radius 3 is 2.54 bits per heavy atom. The standard InChI is InChI=1S/C23H24N2O/c1-17-16-23(19-8-4-3-5-9-19)25(24-17)22-11-7-6-10-21(22)18-12-14-20(26-2)15-13-18/h6-8,10-16H,3-5,9H2,1-2H3. The molecule has 0 saturated heterocycles. The lowest BCUT2D eigenvalue weighted by Crippen LogP contribution is -2.05. The second-order valence-electron chi connectivity index (χ2n) is 6.80. The van der Waals surface area contributed by atoms with Crippen LogP contribution in [0.15, 0.2) is 60.7 Å². The Hall–Kier alpha value is -2.81. The molecule has 4 rings (SSSR count). The Morgan fingerprint density at radius 1 is 1.00 bits per heavy atom. The number of rotatable bonds is 4. The summed E-state index contributed by atoms with van der Waals surface area (Å²) in [5.74, 6) is 0.870. The van der Waals surface area contributed by atoms with Gasteiger partial charge in [-0.1, -0.05) is 36.4 Å². The van der Waals surface area contributed by atoms with Crippen molar-refractivity contribution in [1.82, 2.24) is 9.78 Å². The first kappa shape index (κ1) is 16.6. The smallest absolute Gasteiger partial charge is 0.118 e. The van der Waals surface area contributed by atoms with Crippen molar-refractivity contribution >= 4 is 5.57 Å². The second kappa shape index (κ2) is 7.20. The minimum atomic E-state index is 0.870. The van der Waals surface area contributed by atoms with Crippen molar-refractivity contribution < 1.29 is 4.74 Å². The molecule has 3 nitrogen and oxygen atoms in total. The maximum Gasteiger partial charge on any atom is 0.118 e. The molecule has 0 fully saturated rings. The maximum atomic E-state index is 5.30. The summed E-state index contributed by atoms with van der Waals surface area (Å²) >= 11 is 0. The minimum Gasteiger partial charge on any atom is -0.497 e. The molecule has 26 heavy (non-hydrogen) atoms. The van der Waals surface area contributed by atoms with Crippen molar-refractivity contribution in [2.24, 2.45) is 0 Å². The first-order valence-corrected chi connectivity index (χ1v) is 9.26. The summed E-state index contributed by atoms with van der Waals surface area (Å²) in [6.07, 6.45) is 7.23. The number of benzene rings is 2. The molecule has 0 atom stereocenters. The molecule has 0 radical (unpaired) electrons. The van der Waals surface area contributed by atoms with Gasteiger partial charge in [0, 0.05) is 5.56 Å². The number of ether oxygens (including phenoxy) is 1. The molecular formula is C23H24N2O. The molecule has 1 aromatic heterocycles. The van der Waals surface area contributed by atoms with Gasteiger partial charge in [0.2, 0.25) is 0 Å². The Labute approximate surface area is 154 Å². The van der Waals surface area contributed by atoms with Gasteiger partial charge in [0.25, 0.3) is 0 Å². The summed E-state index contributed by atoms with van der Waals surface area (Å²) in [5.41, 5.74) is 7.15. The molecule has 3 heteroatoms. The predicted molar refractivity (Wildman–Crippen MR) is 107 cm³/mol. The fourth-order valence-electron chi connectivity index (χ4n) is 3.66. The van der Waals surface area contributed by atoms with E-state index in [4.69, 9.17) is 9.84 Å². The molecule has 0 aliphatic heterocycles. The molecule has 0 bridgehead atoms. The highest BCUT2D eigenvalue weighted by Crippen LogP contribution is 2.33. The van der Waals surface area contributed by atoms with E-state index in [0.717, 1.165) is 29.1 Å². The van der Waals surface area contributed by atoms with Crippen LogP contribution >= 0.6 is 0 Å². The summed E-state index contributed by atoms with van der Waals surface area (Å²) < 4.78 is 7.41. The molecule has 1 aliphatic carbocycles. The third-order valence-corrected chi connectivity index (χ3v) is 4.98. The van der Waals surface area contributed by atoms with Crippen LogP contribution in [0.1, 0.15) is 37.1 Å². The maximum absolute atomic E-state index is 5.30. The lowest BCUT2D eigenvalue weighted by molar-refractivity contribution is 0.415. The Morgan fingerprint density at radius 2 is 1.81 bits per heavy atom. The SMILES string of the molecule is COc1ccc(-c2ccccc2-n2nc(C)cc2C2=CCCCC2)cc1. The summed E-state index contributed by atoms with van der Waals surface area (Å²) in [4.78, 5) is 0. The second-order valence-corrected chi connectivity index (χ2v) is 6.80. The average Bonchev–Trinajstić information content (AvgIpc) is 3.10. The van der Waals surface area contributed by atoms with Gasteiger partial charge in [-0.15, -0.1) is 0 Å². The lowest BCUT2D eigenvalue weighted by Gasteiger charge is -2.17. The zero-order valence-corrected chi connectivity index (χ0v) is 15.4. The lowest BCUT2D eigenvalue weighted by atomic mass is 9.96. The van der Waals surface area contributed by atoms with Crippen LogP contribution in [0.3, 0.4) is 0 Å². The normalized spacial score (nSPS) is 14.2. The van der Waals surface area contributed by atoms with Crippen molar-refractivity contribution in [2.45, 2.75) is 32.6 Å². The van der Waals surface area contributed by atoms with Crippen molar-refractivity contribution in [2.75, 3.05) is 7.11 Å². The van der Waals surface area contributed by atoms with E-state index in [1.165, 1.54) is 36.1 Å². The van der Waals surface area contributed by atoms with E-state index in [1.807, 2.05) is 12.1 Å². The van der Waals surface area contributed by atoms with Gasteiger partial charge in [-0.3, -0.25) is 0 Å². The van der Waals surface area contributed by atoms with Crippen molar-refractivity contribution in [1.29, 1.82) is 0 Å². The number of para-hydroxylation sites is 1. The fourth-order valence-corrected chi connectivity index (χ4v) is 3.66. The van der Waals surface area contributed by atoms with Crippen LogP contribution in [0, 0.1) is 6.92 Å². The van der Waals surface area contributed by atoms with Crippen LogP contribution in [-0.4, -0.2) is 16.9 Å².